The van der Waals surface area contributed by atoms with Crippen LogP contribution in [0.2, 0.25) is 0 Å². The molecule has 0 fully saturated rings. The molecule has 0 bridgehead atoms. The predicted molar refractivity (Wildman–Crippen MR) is 139 cm³/mol. The van der Waals surface area contributed by atoms with Crippen LogP contribution in [0.4, 0.5) is 0 Å². The molecule has 12 heteroatoms. The number of ether oxygens (including phenoxy) is 1. The molecule has 0 aliphatic rings. The highest BCUT2D eigenvalue weighted by Crippen LogP contribution is 2.12. The predicted octanol–water partition coefficient (Wildman–Crippen LogP) is 0.473. The maximum atomic E-state index is 13.1. The van der Waals surface area contributed by atoms with Crippen LogP contribution in [-0.2, 0) is 35.1 Å². The zero-order valence-electron chi connectivity index (χ0n) is 22.4. The summed E-state index contributed by atoms with van der Waals surface area (Å²) in [6.07, 6.45) is 0.471. The summed E-state index contributed by atoms with van der Waals surface area (Å²) in [5, 5.41) is 28.9. The van der Waals surface area contributed by atoms with Gasteiger partial charge in [0.15, 0.2) is 0 Å². The summed E-state index contributed by atoms with van der Waals surface area (Å²) >= 11 is 0. The lowest BCUT2D eigenvalue weighted by molar-refractivity contribution is -0.141. The number of phenolic OH excluding ortho intramolecular Hbond substituents is 1. The first-order valence-corrected chi connectivity index (χ1v) is 12.7. The van der Waals surface area contributed by atoms with E-state index in [9.17, 15) is 34.2 Å². The van der Waals surface area contributed by atoms with Crippen LogP contribution in [0.25, 0.3) is 0 Å². The molecule has 0 aliphatic heterocycles. The number of carboxylic acids is 1. The number of benzene rings is 1. The molecule has 212 valence electrons. The lowest BCUT2D eigenvalue weighted by Gasteiger charge is -2.26. The number of carbonyl (C=O) groups excluding carboxylic acids is 4. The lowest BCUT2D eigenvalue weighted by atomic mass is 10.0. The number of phenols is 1. The highest BCUT2D eigenvalue weighted by Gasteiger charge is 2.31. The molecule has 0 unspecified atom stereocenters. The Kier molecular flexibility index (Phi) is 14.4. The van der Waals surface area contributed by atoms with E-state index in [1.807, 2.05) is 20.8 Å². The second-order valence-electron chi connectivity index (χ2n) is 9.38. The minimum absolute atomic E-state index is 0.0372. The van der Waals surface area contributed by atoms with Crippen LogP contribution >= 0.6 is 0 Å². The maximum Gasteiger partial charge on any atom is 0.305 e. The molecule has 0 saturated heterocycles. The summed E-state index contributed by atoms with van der Waals surface area (Å²) in [6, 6.07) is 2.67. The van der Waals surface area contributed by atoms with Crippen LogP contribution in [0.3, 0.4) is 0 Å². The fourth-order valence-electron chi connectivity index (χ4n) is 3.57. The van der Waals surface area contributed by atoms with E-state index in [-0.39, 0.29) is 37.7 Å². The second-order valence-corrected chi connectivity index (χ2v) is 9.38. The van der Waals surface area contributed by atoms with Gasteiger partial charge in [0.05, 0.1) is 13.0 Å². The van der Waals surface area contributed by atoms with Crippen molar-refractivity contribution in [2.75, 3.05) is 19.8 Å². The van der Waals surface area contributed by atoms with E-state index >= 15 is 0 Å². The van der Waals surface area contributed by atoms with Crippen LogP contribution in [0.5, 0.6) is 5.75 Å². The van der Waals surface area contributed by atoms with E-state index in [1.54, 1.807) is 12.1 Å². The van der Waals surface area contributed by atoms with Gasteiger partial charge in [-0.15, -0.1) is 0 Å². The summed E-state index contributed by atoms with van der Waals surface area (Å²) in [5.41, 5.74) is 0.669. The number of hydrogen-bond donors (Lipinski definition) is 6. The van der Waals surface area contributed by atoms with Crippen LogP contribution in [0.15, 0.2) is 24.3 Å². The smallest absolute Gasteiger partial charge is 0.305 e. The van der Waals surface area contributed by atoms with Gasteiger partial charge in [0.25, 0.3) is 0 Å². The molecule has 3 atom stereocenters. The van der Waals surface area contributed by atoms with Gasteiger partial charge in [-0.1, -0.05) is 32.9 Å². The summed E-state index contributed by atoms with van der Waals surface area (Å²) in [7, 11) is 0. The highest BCUT2D eigenvalue weighted by atomic mass is 16.5. The fourth-order valence-corrected chi connectivity index (χ4v) is 3.57. The van der Waals surface area contributed by atoms with Gasteiger partial charge in [-0.2, -0.15) is 0 Å². The molecule has 4 amide bonds. The summed E-state index contributed by atoms with van der Waals surface area (Å²) in [4.78, 5) is 61.9. The van der Waals surface area contributed by atoms with Crippen LogP contribution in [0, 0.1) is 5.92 Å². The molecular weight excluding hydrogens is 496 g/mol. The number of carbonyl (C=O) groups is 5. The molecule has 0 heterocycles. The standard InChI is InChI=1S/C26H40N4O8/c1-5-11-38-12-10-27-24(35)22(15-23(33)34)30-25(36)20(13-16(2)3)29-26(37)21(28-17(4)31)14-18-6-8-19(32)9-7-18/h6-9,16,20-22,32H,5,10-15H2,1-4H3,(H,27,35)(H,28,31)(H,29,37)(H,30,36)(H,33,34)/t20-,21+,22+/m1/s1. The third-order valence-electron chi connectivity index (χ3n) is 5.32. The Balaban J connectivity index is 2.97. The van der Waals surface area contributed by atoms with E-state index in [1.165, 1.54) is 19.1 Å². The molecule has 1 aromatic rings. The van der Waals surface area contributed by atoms with Gasteiger partial charge in [0.2, 0.25) is 23.6 Å². The first-order chi connectivity index (χ1) is 17.9. The number of amides is 4. The molecule has 0 saturated carbocycles. The van der Waals surface area contributed by atoms with Gasteiger partial charge in [-0.3, -0.25) is 24.0 Å². The number of rotatable bonds is 17. The summed E-state index contributed by atoms with van der Waals surface area (Å²) in [5.74, 6) is -3.74. The molecule has 0 aromatic heterocycles. The summed E-state index contributed by atoms with van der Waals surface area (Å²) in [6.45, 7) is 7.79. The largest absolute Gasteiger partial charge is 0.508 e. The number of nitrogens with one attached hydrogen (secondary N) is 4. The number of aromatic hydroxyl groups is 1. The molecule has 0 aliphatic carbocycles. The van der Waals surface area contributed by atoms with Crippen LogP contribution in [-0.4, -0.2) is 77.7 Å². The van der Waals surface area contributed by atoms with Crippen molar-refractivity contribution in [2.24, 2.45) is 5.92 Å². The molecule has 0 spiro atoms. The monoisotopic (exact) mass is 536 g/mol. The van der Waals surface area contributed by atoms with Crippen LogP contribution in [0.1, 0.15) is 52.5 Å². The Bertz CT molecular complexity index is 936. The maximum absolute atomic E-state index is 13.1. The minimum Gasteiger partial charge on any atom is -0.508 e. The van der Waals surface area contributed by atoms with Crippen molar-refractivity contribution in [1.29, 1.82) is 0 Å². The average molecular weight is 537 g/mol. The van der Waals surface area contributed by atoms with Crippen molar-refractivity contribution >= 4 is 29.6 Å². The first kappa shape index (κ1) is 32.4. The van der Waals surface area contributed by atoms with Crippen molar-refractivity contribution in [3.05, 3.63) is 29.8 Å². The van der Waals surface area contributed by atoms with Crippen molar-refractivity contribution < 1.29 is 38.9 Å². The molecular formula is C26H40N4O8. The Morgan fingerprint density at radius 3 is 2.03 bits per heavy atom. The molecule has 38 heavy (non-hydrogen) atoms. The Morgan fingerprint density at radius 2 is 1.47 bits per heavy atom. The van der Waals surface area contributed by atoms with Gasteiger partial charge in [-0.05, 0) is 36.5 Å². The fraction of sp³-hybridized carbons (Fsp3) is 0.577. The topological polar surface area (TPSA) is 183 Å². The van der Waals surface area contributed by atoms with E-state index in [2.05, 4.69) is 21.3 Å². The van der Waals surface area contributed by atoms with Crippen molar-refractivity contribution in [3.8, 4) is 5.75 Å². The third-order valence-corrected chi connectivity index (χ3v) is 5.32. The molecule has 1 aromatic carbocycles. The quantitative estimate of drug-likeness (QED) is 0.155. The van der Waals surface area contributed by atoms with Crippen molar-refractivity contribution in [1.82, 2.24) is 21.3 Å². The van der Waals surface area contributed by atoms with Gasteiger partial charge in [0.1, 0.15) is 23.9 Å². The van der Waals surface area contributed by atoms with E-state index in [0.717, 1.165) is 6.42 Å². The van der Waals surface area contributed by atoms with E-state index < -0.39 is 54.1 Å². The molecule has 12 nitrogen and oxygen atoms in total. The Morgan fingerprint density at radius 1 is 0.868 bits per heavy atom. The minimum atomic E-state index is -1.36. The van der Waals surface area contributed by atoms with Crippen LogP contribution < -0.4 is 21.3 Å². The van der Waals surface area contributed by atoms with Gasteiger partial charge >= 0.3 is 5.97 Å². The molecule has 1 rings (SSSR count). The second kappa shape index (κ2) is 17.0. The summed E-state index contributed by atoms with van der Waals surface area (Å²) < 4.78 is 5.29. The zero-order valence-corrected chi connectivity index (χ0v) is 22.4. The Labute approximate surface area is 222 Å². The first-order valence-electron chi connectivity index (χ1n) is 12.7. The SMILES string of the molecule is CCCOCCNC(=O)[C@H](CC(=O)O)NC(=O)[C@@H](CC(C)C)NC(=O)[C@H](Cc1ccc(O)cc1)NC(C)=O. The normalized spacial score (nSPS) is 13.2. The van der Waals surface area contributed by atoms with Gasteiger partial charge in [0, 0.05) is 26.5 Å². The molecule has 6 N–H and O–H groups in total. The number of hydrogen-bond acceptors (Lipinski definition) is 7. The number of aliphatic carboxylic acids is 1. The number of carboxylic acid groups (broad SMARTS) is 1. The van der Waals surface area contributed by atoms with Gasteiger partial charge < -0.3 is 36.2 Å². The van der Waals surface area contributed by atoms with E-state index in [0.29, 0.717) is 12.2 Å². The lowest BCUT2D eigenvalue weighted by Crippen LogP contribution is -2.57. The van der Waals surface area contributed by atoms with Crippen molar-refractivity contribution in [3.63, 3.8) is 0 Å². The van der Waals surface area contributed by atoms with Crippen molar-refractivity contribution in [2.45, 2.75) is 71.5 Å². The zero-order chi connectivity index (χ0) is 28.7. The highest BCUT2D eigenvalue weighted by molar-refractivity contribution is 5.95. The van der Waals surface area contributed by atoms with E-state index in [4.69, 9.17) is 4.74 Å². The van der Waals surface area contributed by atoms with Gasteiger partial charge in [-0.25, -0.2) is 0 Å². The Hall–Kier alpha value is -3.67. The third kappa shape index (κ3) is 13.0. The molecule has 0 radical (unpaired) electrons. The average Bonchev–Trinajstić information content (AvgIpc) is 2.83.